The van der Waals surface area contributed by atoms with Gasteiger partial charge in [-0.2, -0.15) is 0 Å². The van der Waals surface area contributed by atoms with Gasteiger partial charge < -0.3 is 5.73 Å². The average molecular weight is 110 g/mol. The second-order valence-corrected chi connectivity index (χ2v) is 2.00. The monoisotopic (exact) mass is 110 g/mol. The maximum atomic E-state index is 5.58. The van der Waals surface area contributed by atoms with Crippen molar-refractivity contribution in [3.05, 3.63) is 12.2 Å². The molecule has 0 saturated heterocycles. The van der Waals surface area contributed by atoms with Gasteiger partial charge >= 0.3 is 0 Å². The Bertz CT molecular complexity index is 110. The van der Waals surface area contributed by atoms with Crippen molar-refractivity contribution in [1.82, 2.24) is 0 Å². The molecular weight excluding hydrogens is 100 g/mol. The number of hydrogen-bond donors (Lipinski definition) is 1. The van der Waals surface area contributed by atoms with Crippen LogP contribution in [-0.4, -0.2) is 18.3 Å². The van der Waals surface area contributed by atoms with Crippen LogP contribution in [-0.2, 0) is 0 Å². The normalized spacial score (nSPS) is 35.8. The van der Waals surface area contributed by atoms with E-state index in [1.54, 1.807) is 6.21 Å². The van der Waals surface area contributed by atoms with Crippen molar-refractivity contribution in [2.75, 3.05) is 0 Å². The Morgan fingerprint density at radius 1 is 1.62 bits per heavy atom. The largest absolute Gasteiger partial charge is 0.323 e. The minimum atomic E-state index is 0.125. The number of allylic oxidation sites excluding steroid dienone is 1. The van der Waals surface area contributed by atoms with E-state index < -0.39 is 0 Å². The highest BCUT2D eigenvalue weighted by Gasteiger charge is 2.07. The Hall–Kier alpha value is -0.630. The minimum Gasteiger partial charge on any atom is -0.323 e. The van der Waals surface area contributed by atoms with Crippen molar-refractivity contribution < 1.29 is 0 Å². The smallest absolute Gasteiger partial charge is 0.0658 e. The summed E-state index contributed by atoms with van der Waals surface area (Å²) in [6, 6.07) is 0.389. The SMILES string of the molecule is C[C@@H]1N=CC=CC1N. The first kappa shape index (κ1) is 5.51. The molecule has 2 nitrogen and oxygen atoms in total. The molecule has 0 aliphatic carbocycles. The number of aliphatic imine (C=N–C) groups is 1. The Balaban J connectivity index is 2.59. The molecule has 2 atom stereocenters. The van der Waals surface area contributed by atoms with Gasteiger partial charge in [0.05, 0.1) is 6.04 Å². The molecule has 1 unspecified atom stereocenters. The number of hydrogen-bond acceptors (Lipinski definition) is 2. The molecule has 0 aromatic heterocycles. The highest BCUT2D eigenvalue weighted by molar-refractivity contribution is 5.72. The molecule has 1 aliphatic heterocycles. The number of nitrogens with zero attached hydrogens (tertiary/aromatic N) is 1. The molecule has 1 rings (SSSR count). The molecule has 0 fully saturated rings. The molecule has 1 aliphatic rings. The van der Waals surface area contributed by atoms with Crippen molar-refractivity contribution in [3.63, 3.8) is 0 Å². The van der Waals surface area contributed by atoms with Gasteiger partial charge in [-0.1, -0.05) is 6.08 Å². The lowest BCUT2D eigenvalue weighted by molar-refractivity contribution is 0.650. The zero-order valence-corrected chi connectivity index (χ0v) is 4.91. The van der Waals surface area contributed by atoms with Gasteiger partial charge in [-0.25, -0.2) is 0 Å². The van der Waals surface area contributed by atoms with Gasteiger partial charge in [0.2, 0.25) is 0 Å². The molecular formula is C6H10N2. The number of nitrogens with two attached hydrogens (primary N) is 1. The summed E-state index contributed by atoms with van der Waals surface area (Å²) in [5.74, 6) is 0. The summed E-state index contributed by atoms with van der Waals surface area (Å²) in [4.78, 5) is 4.07. The second kappa shape index (κ2) is 2.09. The molecule has 8 heavy (non-hydrogen) atoms. The lowest BCUT2D eigenvalue weighted by Gasteiger charge is -2.13. The summed E-state index contributed by atoms with van der Waals surface area (Å²) in [6.07, 6.45) is 5.62. The molecule has 2 N–H and O–H groups in total. The summed E-state index contributed by atoms with van der Waals surface area (Å²) in [7, 11) is 0. The molecule has 44 valence electrons. The fourth-order valence-electron chi connectivity index (χ4n) is 0.624. The van der Waals surface area contributed by atoms with E-state index in [0.29, 0.717) is 0 Å². The zero-order chi connectivity index (χ0) is 5.98. The molecule has 0 radical (unpaired) electrons. The predicted octanol–water partition coefficient (Wildman–Crippen LogP) is 0.343. The van der Waals surface area contributed by atoms with E-state index >= 15 is 0 Å². The maximum Gasteiger partial charge on any atom is 0.0658 e. The van der Waals surface area contributed by atoms with E-state index in [9.17, 15) is 0 Å². The highest BCUT2D eigenvalue weighted by Crippen LogP contribution is 1.99. The molecule has 0 bridgehead atoms. The Labute approximate surface area is 49.1 Å². The van der Waals surface area contributed by atoms with E-state index in [-0.39, 0.29) is 12.1 Å². The van der Waals surface area contributed by atoms with E-state index in [0.717, 1.165) is 0 Å². The summed E-state index contributed by atoms with van der Waals surface area (Å²) < 4.78 is 0. The zero-order valence-electron chi connectivity index (χ0n) is 4.91. The number of rotatable bonds is 0. The lowest BCUT2D eigenvalue weighted by atomic mass is 10.1. The van der Waals surface area contributed by atoms with Gasteiger partial charge in [0.1, 0.15) is 0 Å². The minimum absolute atomic E-state index is 0.125. The number of dihydropyridines is 1. The van der Waals surface area contributed by atoms with Crippen molar-refractivity contribution >= 4 is 6.21 Å². The maximum absolute atomic E-state index is 5.58. The summed E-state index contributed by atoms with van der Waals surface area (Å²) in [5, 5.41) is 0. The third-order valence-electron chi connectivity index (χ3n) is 1.30. The second-order valence-electron chi connectivity index (χ2n) is 2.00. The quantitative estimate of drug-likeness (QED) is 0.480. The van der Waals surface area contributed by atoms with Crippen LogP contribution in [0.2, 0.25) is 0 Å². The van der Waals surface area contributed by atoms with E-state index in [1.807, 2.05) is 19.1 Å². The van der Waals surface area contributed by atoms with Crippen molar-refractivity contribution in [3.8, 4) is 0 Å². The van der Waals surface area contributed by atoms with Crippen LogP contribution in [0.3, 0.4) is 0 Å². The van der Waals surface area contributed by atoms with Gasteiger partial charge in [-0.05, 0) is 13.0 Å². The summed E-state index contributed by atoms with van der Waals surface area (Å²) in [5.41, 5.74) is 5.58. The van der Waals surface area contributed by atoms with Gasteiger partial charge in [-0.3, -0.25) is 4.99 Å². The third-order valence-corrected chi connectivity index (χ3v) is 1.30. The van der Waals surface area contributed by atoms with Crippen LogP contribution in [0.1, 0.15) is 6.92 Å². The van der Waals surface area contributed by atoms with Crippen LogP contribution in [0.4, 0.5) is 0 Å². The standard InChI is InChI=1S/C6H10N2/c1-5-6(7)3-2-4-8-5/h2-6H,7H2,1H3/t5-,6?/m0/s1. The highest BCUT2D eigenvalue weighted by atomic mass is 14.8. The summed E-state index contributed by atoms with van der Waals surface area (Å²) >= 11 is 0. The van der Waals surface area contributed by atoms with Crippen LogP contribution < -0.4 is 5.73 Å². The molecule has 1 heterocycles. The molecule has 0 saturated carbocycles. The lowest BCUT2D eigenvalue weighted by Crippen LogP contribution is -2.30. The van der Waals surface area contributed by atoms with Crippen LogP contribution >= 0.6 is 0 Å². The molecule has 0 aromatic carbocycles. The first-order chi connectivity index (χ1) is 3.80. The predicted molar refractivity (Wildman–Crippen MR) is 35.1 cm³/mol. The first-order valence-corrected chi connectivity index (χ1v) is 2.76. The molecule has 0 amide bonds. The Morgan fingerprint density at radius 3 is 2.75 bits per heavy atom. The Kier molecular flexibility index (Phi) is 1.44. The van der Waals surface area contributed by atoms with Gasteiger partial charge in [0.25, 0.3) is 0 Å². The van der Waals surface area contributed by atoms with Crippen LogP contribution in [0.25, 0.3) is 0 Å². The van der Waals surface area contributed by atoms with Crippen molar-refractivity contribution in [2.45, 2.75) is 19.0 Å². The van der Waals surface area contributed by atoms with E-state index in [1.165, 1.54) is 0 Å². The summed E-state index contributed by atoms with van der Waals surface area (Å²) in [6.45, 7) is 2.00. The Morgan fingerprint density at radius 2 is 2.38 bits per heavy atom. The van der Waals surface area contributed by atoms with Crippen LogP contribution in [0.15, 0.2) is 17.1 Å². The first-order valence-electron chi connectivity index (χ1n) is 2.76. The van der Waals surface area contributed by atoms with E-state index in [4.69, 9.17) is 5.73 Å². The van der Waals surface area contributed by atoms with Gasteiger partial charge in [0.15, 0.2) is 0 Å². The third kappa shape index (κ3) is 0.954. The van der Waals surface area contributed by atoms with Gasteiger partial charge in [0, 0.05) is 12.3 Å². The molecule has 2 heteroatoms. The fourth-order valence-corrected chi connectivity index (χ4v) is 0.624. The average Bonchev–Trinajstić information content (AvgIpc) is 1.77. The van der Waals surface area contributed by atoms with Gasteiger partial charge in [-0.15, -0.1) is 0 Å². The van der Waals surface area contributed by atoms with Crippen molar-refractivity contribution in [1.29, 1.82) is 0 Å². The molecule has 0 aromatic rings. The fraction of sp³-hybridized carbons (Fsp3) is 0.500. The molecule has 0 spiro atoms. The van der Waals surface area contributed by atoms with Crippen LogP contribution in [0.5, 0.6) is 0 Å². The van der Waals surface area contributed by atoms with E-state index in [2.05, 4.69) is 4.99 Å². The van der Waals surface area contributed by atoms with Crippen LogP contribution in [0, 0.1) is 0 Å². The van der Waals surface area contributed by atoms with Crippen molar-refractivity contribution in [2.24, 2.45) is 10.7 Å². The topological polar surface area (TPSA) is 38.4 Å².